The van der Waals surface area contributed by atoms with Gasteiger partial charge in [-0.2, -0.15) is 4.72 Å². The zero-order valence-corrected chi connectivity index (χ0v) is 19.8. The normalized spacial score (nSPS) is 15.6. The maximum Gasteiger partial charge on any atom is 0.241 e. The van der Waals surface area contributed by atoms with Crippen LogP contribution in [0.1, 0.15) is 18.1 Å². The minimum atomic E-state index is -3.90. The molecule has 1 N–H and O–H groups in total. The van der Waals surface area contributed by atoms with E-state index in [9.17, 15) is 13.2 Å². The highest BCUT2D eigenvalue weighted by Gasteiger charge is 2.29. The van der Waals surface area contributed by atoms with E-state index in [1.807, 2.05) is 6.07 Å². The third-order valence-electron chi connectivity index (χ3n) is 5.64. The summed E-state index contributed by atoms with van der Waals surface area (Å²) in [5, 5.41) is 0.187. The molecule has 7 nitrogen and oxygen atoms in total. The van der Waals surface area contributed by atoms with Gasteiger partial charge in [-0.25, -0.2) is 8.42 Å². The van der Waals surface area contributed by atoms with Crippen LogP contribution in [0.25, 0.3) is 0 Å². The lowest BCUT2D eigenvalue weighted by Crippen LogP contribution is -2.54. The second-order valence-corrected chi connectivity index (χ2v) is 9.79. The smallest absolute Gasteiger partial charge is 0.241 e. The molecule has 0 unspecified atom stereocenters. The van der Waals surface area contributed by atoms with E-state index in [-0.39, 0.29) is 15.8 Å². The van der Waals surface area contributed by atoms with Crippen molar-refractivity contribution in [1.29, 1.82) is 0 Å². The van der Waals surface area contributed by atoms with Gasteiger partial charge in [0, 0.05) is 31.9 Å². The molecule has 1 amide bonds. The molecule has 1 fully saturated rings. The van der Waals surface area contributed by atoms with E-state index in [0.717, 1.165) is 0 Å². The summed E-state index contributed by atoms with van der Waals surface area (Å²) in [6.07, 6.45) is 0. The quantitative estimate of drug-likeness (QED) is 0.709. The van der Waals surface area contributed by atoms with Crippen molar-refractivity contribution in [2.75, 3.05) is 38.2 Å². The van der Waals surface area contributed by atoms with Crippen molar-refractivity contribution in [3.8, 4) is 5.75 Å². The van der Waals surface area contributed by atoms with E-state index < -0.39 is 16.1 Å². The highest BCUT2D eigenvalue weighted by atomic mass is 35.5. The number of rotatable bonds is 6. The number of carbonyl (C=O) groups excluding carboxylic acids is 1. The molecule has 2 aromatic rings. The molecule has 2 aromatic carbocycles. The first-order valence-electron chi connectivity index (χ1n) is 10.1. The van der Waals surface area contributed by atoms with Crippen molar-refractivity contribution >= 4 is 33.2 Å². The van der Waals surface area contributed by atoms with Gasteiger partial charge in [-0.05, 0) is 56.2 Å². The zero-order valence-electron chi connectivity index (χ0n) is 18.2. The summed E-state index contributed by atoms with van der Waals surface area (Å²) in [5.74, 6) is 0.134. The third kappa shape index (κ3) is 5.14. The summed E-state index contributed by atoms with van der Waals surface area (Å²) in [6, 6.07) is 9.51. The Morgan fingerprint density at radius 2 is 1.81 bits per heavy atom. The van der Waals surface area contributed by atoms with E-state index in [0.29, 0.717) is 31.9 Å². The molecular formula is C22H28ClN3O4S. The number of hydrogen-bond donors (Lipinski definition) is 1. The van der Waals surface area contributed by atoms with Gasteiger partial charge in [-0.1, -0.05) is 23.7 Å². The van der Waals surface area contributed by atoms with Gasteiger partial charge in [0.1, 0.15) is 5.75 Å². The number of nitrogens with one attached hydrogen (secondary N) is 1. The number of methoxy groups -OCH3 is 1. The fraction of sp³-hybridized carbons (Fsp3) is 0.409. The van der Waals surface area contributed by atoms with Crippen LogP contribution in [0.2, 0.25) is 5.02 Å². The Morgan fingerprint density at radius 3 is 2.42 bits per heavy atom. The Hall–Kier alpha value is -2.29. The molecule has 0 aliphatic carbocycles. The number of benzene rings is 2. The van der Waals surface area contributed by atoms with Gasteiger partial charge in [-0.15, -0.1) is 0 Å². The zero-order chi connectivity index (χ0) is 22.8. The maximum atomic E-state index is 12.9. The summed E-state index contributed by atoms with van der Waals surface area (Å²) in [4.78, 5) is 16.8. The molecular weight excluding hydrogens is 438 g/mol. The lowest BCUT2D eigenvalue weighted by atomic mass is 10.1. The summed E-state index contributed by atoms with van der Waals surface area (Å²) in [7, 11) is -2.45. The Morgan fingerprint density at radius 1 is 1.13 bits per heavy atom. The van der Waals surface area contributed by atoms with Crippen LogP contribution in [0.5, 0.6) is 5.75 Å². The minimum Gasteiger partial charge on any atom is -0.495 e. The molecule has 31 heavy (non-hydrogen) atoms. The van der Waals surface area contributed by atoms with E-state index in [4.69, 9.17) is 16.3 Å². The van der Waals surface area contributed by atoms with Crippen LogP contribution >= 0.6 is 11.6 Å². The lowest BCUT2D eigenvalue weighted by molar-refractivity contribution is -0.132. The summed E-state index contributed by atoms with van der Waals surface area (Å²) >= 11 is 6.04. The SMILES string of the molecule is COc1ccc(S(=O)(=O)N[C@H](C)C(=O)N2CCN(c3cccc(C)c3C)CC2)cc1Cl. The molecule has 0 spiro atoms. The number of halogens is 1. The minimum absolute atomic E-state index is 0.0160. The van der Waals surface area contributed by atoms with Gasteiger partial charge in [0.15, 0.2) is 0 Å². The molecule has 0 bridgehead atoms. The molecule has 168 valence electrons. The fourth-order valence-corrected chi connectivity index (χ4v) is 5.23. The topological polar surface area (TPSA) is 78.9 Å². The number of sulfonamides is 1. The third-order valence-corrected chi connectivity index (χ3v) is 7.48. The van der Waals surface area contributed by atoms with Gasteiger partial charge in [0.25, 0.3) is 0 Å². The Labute approximate surface area is 189 Å². The van der Waals surface area contributed by atoms with Crippen molar-refractivity contribution in [3.05, 3.63) is 52.5 Å². The maximum absolute atomic E-state index is 12.9. The van der Waals surface area contributed by atoms with Crippen molar-refractivity contribution < 1.29 is 17.9 Å². The summed E-state index contributed by atoms with van der Waals surface area (Å²) in [5.41, 5.74) is 3.65. The standard InChI is InChI=1S/C22H28ClN3O4S/c1-15-6-5-7-20(16(15)2)25-10-12-26(13-11-25)22(27)17(3)24-31(28,29)18-8-9-21(30-4)19(23)14-18/h5-9,14,17,24H,10-13H2,1-4H3/t17-/m1/s1. The number of nitrogens with zero attached hydrogens (tertiary/aromatic N) is 2. The van der Waals surface area contributed by atoms with E-state index >= 15 is 0 Å². The molecule has 0 radical (unpaired) electrons. The largest absolute Gasteiger partial charge is 0.495 e. The first kappa shape index (κ1) is 23.4. The Bertz CT molecular complexity index is 1070. The average Bonchev–Trinajstić information content (AvgIpc) is 2.75. The predicted molar refractivity (Wildman–Crippen MR) is 122 cm³/mol. The van der Waals surface area contributed by atoms with Crippen LogP contribution in [-0.2, 0) is 14.8 Å². The van der Waals surface area contributed by atoms with Crippen LogP contribution in [0, 0.1) is 13.8 Å². The second kappa shape index (κ2) is 9.46. The number of carbonyl (C=O) groups is 1. The summed E-state index contributed by atoms with van der Waals surface area (Å²) in [6.45, 7) is 8.21. The van der Waals surface area contributed by atoms with E-state index in [1.54, 1.807) is 11.8 Å². The molecule has 1 aliphatic heterocycles. The number of anilines is 1. The number of amides is 1. The number of aryl methyl sites for hydroxylation is 1. The van der Waals surface area contributed by atoms with E-state index in [2.05, 4.69) is 35.6 Å². The van der Waals surface area contributed by atoms with E-state index in [1.165, 1.54) is 42.1 Å². The van der Waals surface area contributed by atoms with Crippen molar-refractivity contribution in [1.82, 2.24) is 9.62 Å². The van der Waals surface area contributed by atoms with Gasteiger partial charge >= 0.3 is 0 Å². The van der Waals surface area contributed by atoms with Crippen molar-refractivity contribution in [2.45, 2.75) is 31.7 Å². The molecule has 1 atom stereocenters. The van der Waals surface area contributed by atoms with Gasteiger partial charge in [0.2, 0.25) is 15.9 Å². The molecule has 9 heteroatoms. The predicted octanol–water partition coefficient (Wildman–Crippen LogP) is 2.98. The molecule has 0 saturated carbocycles. The molecule has 1 saturated heterocycles. The van der Waals surface area contributed by atoms with Crippen LogP contribution in [-0.4, -0.2) is 58.6 Å². The van der Waals surface area contributed by atoms with Gasteiger partial charge in [0.05, 0.1) is 23.1 Å². The van der Waals surface area contributed by atoms with Crippen LogP contribution < -0.4 is 14.4 Å². The highest BCUT2D eigenvalue weighted by Crippen LogP contribution is 2.27. The average molecular weight is 466 g/mol. The lowest BCUT2D eigenvalue weighted by Gasteiger charge is -2.38. The number of hydrogen-bond acceptors (Lipinski definition) is 5. The van der Waals surface area contributed by atoms with Crippen molar-refractivity contribution in [3.63, 3.8) is 0 Å². The highest BCUT2D eigenvalue weighted by molar-refractivity contribution is 7.89. The Kier molecular flexibility index (Phi) is 7.13. The van der Waals surface area contributed by atoms with Crippen LogP contribution in [0.15, 0.2) is 41.3 Å². The molecule has 0 aromatic heterocycles. The number of ether oxygens (including phenoxy) is 1. The molecule has 3 rings (SSSR count). The number of piperazine rings is 1. The monoisotopic (exact) mass is 465 g/mol. The molecule has 1 aliphatic rings. The fourth-order valence-electron chi connectivity index (χ4n) is 3.69. The van der Waals surface area contributed by atoms with Gasteiger partial charge in [-0.3, -0.25) is 4.79 Å². The second-order valence-electron chi connectivity index (χ2n) is 7.67. The summed E-state index contributed by atoms with van der Waals surface area (Å²) < 4.78 is 32.9. The van der Waals surface area contributed by atoms with Crippen LogP contribution in [0.3, 0.4) is 0 Å². The van der Waals surface area contributed by atoms with Gasteiger partial charge < -0.3 is 14.5 Å². The van der Waals surface area contributed by atoms with Crippen LogP contribution in [0.4, 0.5) is 5.69 Å². The van der Waals surface area contributed by atoms with Crippen molar-refractivity contribution in [2.24, 2.45) is 0 Å². The first-order chi connectivity index (χ1) is 14.6. The molecule has 1 heterocycles. The Balaban J connectivity index is 1.63. The first-order valence-corrected chi connectivity index (χ1v) is 12.0.